The average molecular weight is 424 g/mol. The minimum absolute atomic E-state index is 0.281. The van der Waals surface area contributed by atoms with Crippen LogP contribution < -0.4 is 15.4 Å². The van der Waals surface area contributed by atoms with E-state index >= 15 is 0 Å². The fourth-order valence-electron chi connectivity index (χ4n) is 4.01. The number of ether oxygens (including phenoxy) is 1. The number of benzene rings is 2. The summed E-state index contributed by atoms with van der Waals surface area (Å²) in [7, 11) is 3.73. The largest absolute Gasteiger partial charge is 0.494 e. The first-order valence-corrected chi connectivity index (χ1v) is 10.1. The Morgan fingerprint density at radius 2 is 2.03 bits per heavy atom. The number of hydrogen-bond acceptors (Lipinski definition) is 7. The summed E-state index contributed by atoms with van der Waals surface area (Å²) < 4.78 is 7.03. The van der Waals surface area contributed by atoms with E-state index in [9.17, 15) is 0 Å². The Morgan fingerprint density at radius 3 is 2.87 bits per heavy atom. The molecule has 0 spiro atoms. The third-order valence-electron chi connectivity index (χ3n) is 5.46. The van der Waals surface area contributed by atoms with Crippen LogP contribution in [0.15, 0.2) is 36.4 Å². The summed E-state index contributed by atoms with van der Waals surface area (Å²) in [4.78, 5) is 13.9. The van der Waals surface area contributed by atoms with E-state index in [4.69, 9.17) is 27.1 Å². The van der Waals surface area contributed by atoms with Gasteiger partial charge in [0.05, 0.1) is 13.7 Å². The molecular weight excluding hydrogens is 402 g/mol. The number of nitrogen functional groups attached to an aromatic ring is 1. The Hall–Kier alpha value is -3.10. The second-order valence-electron chi connectivity index (χ2n) is 7.52. The van der Waals surface area contributed by atoms with Gasteiger partial charge in [-0.1, -0.05) is 17.7 Å². The van der Waals surface area contributed by atoms with Crippen molar-refractivity contribution in [1.29, 1.82) is 0 Å². The molecular formula is C21H22ClN7O. The standard InChI is InChI=1S/C21H22ClN7O/c1-27-8-9-28(16-7-6-14(22)10-13(16)11-27)12-18-24-20-15-4-3-5-17(30-2)19(15)25-21(23)29(20)26-18/h3-7,10H,8-9,11-12H2,1-2H3,(H2,23,25). The lowest BCUT2D eigenvalue weighted by molar-refractivity contribution is 0.341. The van der Waals surface area contributed by atoms with E-state index in [0.29, 0.717) is 29.3 Å². The highest BCUT2D eigenvalue weighted by molar-refractivity contribution is 6.30. The fraction of sp³-hybridized carbons (Fsp3) is 0.286. The number of nitrogens with two attached hydrogens (primary N) is 1. The Kier molecular flexibility index (Phi) is 4.60. The molecule has 0 fully saturated rings. The van der Waals surface area contributed by atoms with Gasteiger partial charge in [0.15, 0.2) is 11.5 Å². The van der Waals surface area contributed by atoms with E-state index in [0.717, 1.165) is 35.7 Å². The van der Waals surface area contributed by atoms with E-state index in [-0.39, 0.29) is 5.95 Å². The van der Waals surface area contributed by atoms with Crippen LogP contribution in [-0.4, -0.2) is 51.7 Å². The van der Waals surface area contributed by atoms with E-state index in [1.165, 1.54) is 5.56 Å². The van der Waals surface area contributed by atoms with E-state index in [1.54, 1.807) is 11.6 Å². The van der Waals surface area contributed by atoms with Gasteiger partial charge in [-0.15, -0.1) is 5.10 Å². The van der Waals surface area contributed by atoms with Crippen LogP contribution in [0.5, 0.6) is 5.75 Å². The van der Waals surface area contributed by atoms with Gasteiger partial charge in [0.25, 0.3) is 0 Å². The average Bonchev–Trinajstić information content (AvgIpc) is 3.09. The lowest BCUT2D eigenvalue weighted by Crippen LogP contribution is -2.29. The van der Waals surface area contributed by atoms with Crippen molar-refractivity contribution in [3.8, 4) is 5.75 Å². The minimum Gasteiger partial charge on any atom is -0.494 e. The molecule has 3 heterocycles. The molecule has 154 valence electrons. The molecule has 0 aliphatic carbocycles. The molecule has 0 amide bonds. The number of anilines is 2. The van der Waals surface area contributed by atoms with Gasteiger partial charge in [-0.3, -0.25) is 0 Å². The summed E-state index contributed by atoms with van der Waals surface area (Å²) in [5.41, 5.74) is 9.89. The van der Waals surface area contributed by atoms with Crippen LogP contribution in [0.4, 0.5) is 11.6 Å². The van der Waals surface area contributed by atoms with Crippen molar-refractivity contribution >= 4 is 39.8 Å². The maximum Gasteiger partial charge on any atom is 0.223 e. The summed E-state index contributed by atoms with van der Waals surface area (Å²) >= 11 is 6.24. The zero-order valence-corrected chi connectivity index (χ0v) is 17.6. The fourth-order valence-corrected chi connectivity index (χ4v) is 4.20. The third kappa shape index (κ3) is 3.18. The first-order chi connectivity index (χ1) is 14.5. The Morgan fingerprint density at radius 1 is 1.17 bits per heavy atom. The molecule has 5 rings (SSSR count). The van der Waals surface area contributed by atoms with Gasteiger partial charge in [-0.05, 0) is 42.9 Å². The predicted octanol–water partition coefficient (Wildman–Crippen LogP) is 2.97. The first-order valence-electron chi connectivity index (χ1n) is 9.73. The molecule has 1 aliphatic rings. The smallest absolute Gasteiger partial charge is 0.223 e. The lowest BCUT2D eigenvalue weighted by Gasteiger charge is -2.23. The van der Waals surface area contributed by atoms with Crippen LogP contribution in [0.2, 0.25) is 5.02 Å². The lowest BCUT2D eigenvalue weighted by atomic mass is 10.1. The maximum atomic E-state index is 6.24. The van der Waals surface area contributed by atoms with Gasteiger partial charge in [0.2, 0.25) is 5.95 Å². The van der Waals surface area contributed by atoms with Crippen molar-refractivity contribution < 1.29 is 4.74 Å². The van der Waals surface area contributed by atoms with Gasteiger partial charge in [-0.25, -0.2) is 9.97 Å². The van der Waals surface area contributed by atoms with Gasteiger partial charge in [-0.2, -0.15) is 4.52 Å². The maximum absolute atomic E-state index is 6.24. The summed E-state index contributed by atoms with van der Waals surface area (Å²) in [5.74, 6) is 1.63. The number of methoxy groups -OCH3 is 1. The van der Waals surface area contributed by atoms with Crippen LogP contribution in [0, 0.1) is 0 Å². The quantitative estimate of drug-likeness (QED) is 0.542. The van der Waals surface area contributed by atoms with Crippen molar-refractivity contribution in [2.45, 2.75) is 13.1 Å². The van der Waals surface area contributed by atoms with Crippen molar-refractivity contribution in [2.75, 3.05) is 37.9 Å². The van der Waals surface area contributed by atoms with E-state index in [1.807, 2.05) is 30.3 Å². The monoisotopic (exact) mass is 423 g/mol. The molecule has 0 saturated carbocycles. The van der Waals surface area contributed by atoms with Crippen molar-refractivity contribution in [3.63, 3.8) is 0 Å². The number of hydrogen-bond donors (Lipinski definition) is 1. The Balaban J connectivity index is 1.58. The summed E-state index contributed by atoms with van der Waals surface area (Å²) in [6.45, 7) is 3.22. The van der Waals surface area contributed by atoms with Crippen LogP contribution >= 0.6 is 11.6 Å². The SMILES string of the molecule is COc1cccc2c1nc(N)n1nc(CN3CCN(C)Cc4cc(Cl)ccc43)nc21. The molecule has 4 aromatic rings. The van der Waals surface area contributed by atoms with Gasteiger partial charge >= 0.3 is 0 Å². The highest BCUT2D eigenvalue weighted by atomic mass is 35.5. The van der Waals surface area contributed by atoms with Gasteiger partial charge < -0.3 is 20.3 Å². The van der Waals surface area contributed by atoms with E-state index < -0.39 is 0 Å². The molecule has 8 nitrogen and oxygen atoms in total. The molecule has 0 unspecified atom stereocenters. The number of aromatic nitrogens is 4. The molecule has 30 heavy (non-hydrogen) atoms. The summed E-state index contributed by atoms with van der Waals surface area (Å²) in [5, 5.41) is 6.24. The minimum atomic E-state index is 0.281. The summed E-state index contributed by atoms with van der Waals surface area (Å²) in [6, 6.07) is 11.8. The Labute approximate surface area is 178 Å². The number of fused-ring (bicyclic) bond motifs is 4. The third-order valence-corrected chi connectivity index (χ3v) is 5.70. The second kappa shape index (κ2) is 7.30. The highest BCUT2D eigenvalue weighted by Gasteiger charge is 2.21. The van der Waals surface area contributed by atoms with Crippen molar-refractivity contribution in [1.82, 2.24) is 24.5 Å². The van der Waals surface area contributed by atoms with Crippen LogP contribution in [0.1, 0.15) is 11.4 Å². The summed E-state index contributed by atoms with van der Waals surface area (Å²) in [6.07, 6.45) is 0. The molecule has 2 aromatic carbocycles. The second-order valence-corrected chi connectivity index (χ2v) is 7.96. The molecule has 0 saturated heterocycles. The molecule has 2 N–H and O–H groups in total. The van der Waals surface area contributed by atoms with Crippen molar-refractivity contribution in [2.24, 2.45) is 0 Å². The molecule has 1 aliphatic heterocycles. The molecule has 2 aromatic heterocycles. The number of para-hydroxylation sites is 1. The van der Waals surface area contributed by atoms with Crippen molar-refractivity contribution in [3.05, 3.63) is 52.8 Å². The van der Waals surface area contributed by atoms with E-state index in [2.05, 4.69) is 33.0 Å². The van der Waals surface area contributed by atoms with Gasteiger partial charge in [0.1, 0.15) is 11.3 Å². The number of halogens is 1. The molecule has 0 bridgehead atoms. The predicted molar refractivity (Wildman–Crippen MR) is 118 cm³/mol. The first kappa shape index (κ1) is 18.9. The zero-order chi connectivity index (χ0) is 20.8. The molecule has 9 heteroatoms. The Bertz CT molecular complexity index is 1260. The highest BCUT2D eigenvalue weighted by Crippen LogP contribution is 2.30. The topological polar surface area (TPSA) is 84.8 Å². The van der Waals surface area contributed by atoms with Gasteiger partial charge in [0, 0.05) is 35.7 Å². The number of nitrogens with zero attached hydrogens (tertiary/aromatic N) is 6. The van der Waals surface area contributed by atoms with Crippen LogP contribution in [0.3, 0.4) is 0 Å². The zero-order valence-electron chi connectivity index (χ0n) is 16.8. The molecule has 0 radical (unpaired) electrons. The molecule has 0 atom stereocenters. The van der Waals surface area contributed by atoms with Crippen LogP contribution in [0.25, 0.3) is 16.6 Å². The normalized spacial score (nSPS) is 14.8. The van der Waals surface area contributed by atoms with Crippen LogP contribution in [-0.2, 0) is 13.1 Å². The number of rotatable bonds is 3. The number of likely N-dealkylation sites (N-methyl/N-ethyl adjacent to an activating group) is 1.